The van der Waals surface area contributed by atoms with Crippen LogP contribution in [0.5, 0.6) is 5.75 Å². The Kier molecular flexibility index (Phi) is 6.12. The molecule has 2 saturated carbocycles. The van der Waals surface area contributed by atoms with Crippen LogP contribution in [0.1, 0.15) is 73.8 Å². The van der Waals surface area contributed by atoms with Crippen molar-refractivity contribution in [2.24, 2.45) is 28.3 Å². The van der Waals surface area contributed by atoms with Gasteiger partial charge in [-0.2, -0.15) is 0 Å². The summed E-state index contributed by atoms with van der Waals surface area (Å²) >= 11 is 1.47. The quantitative estimate of drug-likeness (QED) is 0.357. The molecule has 0 spiro atoms. The van der Waals surface area contributed by atoms with Crippen LogP contribution in [0.3, 0.4) is 0 Å². The van der Waals surface area contributed by atoms with Gasteiger partial charge in [0.15, 0.2) is 16.7 Å². The fourth-order valence-electron chi connectivity index (χ4n) is 7.20. The van der Waals surface area contributed by atoms with Crippen LogP contribution in [0.2, 0.25) is 0 Å². The highest BCUT2D eigenvalue weighted by atomic mass is 32.1. The number of halogens is 1. The summed E-state index contributed by atoms with van der Waals surface area (Å²) in [5, 5.41) is 26.9. The van der Waals surface area contributed by atoms with E-state index in [4.69, 9.17) is 0 Å². The van der Waals surface area contributed by atoms with Crippen molar-refractivity contribution in [3.05, 3.63) is 40.2 Å². The van der Waals surface area contributed by atoms with Crippen LogP contribution >= 0.6 is 11.3 Å². The molecule has 0 bridgehead atoms. The molecule has 8 heteroatoms. The first-order valence-corrected chi connectivity index (χ1v) is 13.1. The summed E-state index contributed by atoms with van der Waals surface area (Å²) in [5.41, 5.74) is 2.82. The molecular weight excluding hydrogens is 453 g/mol. The average molecular weight is 486 g/mol. The Bertz CT molecular complexity index is 1130. The van der Waals surface area contributed by atoms with Crippen molar-refractivity contribution in [2.75, 3.05) is 5.32 Å². The highest BCUT2D eigenvalue weighted by Gasteiger charge is 2.57. The summed E-state index contributed by atoms with van der Waals surface area (Å²) in [6.45, 7) is 4.19. The van der Waals surface area contributed by atoms with E-state index >= 15 is 0 Å². The standard InChI is InChI=1S/C26H32FN3O3S/c1-14-13-28-25(34-14)29-23(32)5-3-4-16-11-22(30-33)26(2)9-8-17-18(24(16)26)7-6-15-10-21(31)20(27)12-19(15)17/h10,12-13,16-18,24,31,33H,3-9,11H2,1-2H3,(H,28,29,32)/b30-22+/t16-,17?,18?,24?,26-/m1/s1. The van der Waals surface area contributed by atoms with Gasteiger partial charge in [-0.15, -0.1) is 11.3 Å². The summed E-state index contributed by atoms with van der Waals surface area (Å²) in [6, 6.07) is 3.14. The largest absolute Gasteiger partial charge is 0.505 e. The lowest BCUT2D eigenvalue weighted by Gasteiger charge is -2.50. The smallest absolute Gasteiger partial charge is 0.226 e. The Hall–Kier alpha value is -2.48. The van der Waals surface area contributed by atoms with Crippen LogP contribution in [0, 0.1) is 35.9 Å². The summed E-state index contributed by atoms with van der Waals surface area (Å²) in [4.78, 5) is 17.7. The van der Waals surface area contributed by atoms with Gasteiger partial charge in [-0.25, -0.2) is 9.37 Å². The monoisotopic (exact) mass is 485 g/mol. The molecule has 1 amide bonds. The number of nitrogens with zero attached hydrogens (tertiary/aromatic N) is 2. The number of carbonyl (C=O) groups is 1. The minimum Gasteiger partial charge on any atom is -0.505 e. The number of anilines is 1. The van der Waals surface area contributed by atoms with E-state index in [1.807, 2.05) is 6.92 Å². The Morgan fingerprint density at radius 3 is 2.94 bits per heavy atom. The average Bonchev–Trinajstić information content (AvgIpc) is 3.34. The van der Waals surface area contributed by atoms with Crippen LogP contribution in [0.4, 0.5) is 9.52 Å². The van der Waals surface area contributed by atoms with E-state index in [1.54, 1.807) is 18.3 Å². The van der Waals surface area contributed by atoms with E-state index in [9.17, 15) is 19.5 Å². The molecule has 34 heavy (non-hydrogen) atoms. The Labute approximate surface area is 203 Å². The van der Waals surface area contributed by atoms with Gasteiger partial charge < -0.3 is 15.6 Å². The third-order valence-electron chi connectivity index (χ3n) is 8.63. The number of aryl methyl sites for hydroxylation is 2. The number of oxime groups is 1. The molecule has 2 aromatic rings. The van der Waals surface area contributed by atoms with Crippen molar-refractivity contribution in [1.82, 2.24) is 4.98 Å². The number of phenolic OH excluding ortho intramolecular Hbond substituents is 1. The van der Waals surface area contributed by atoms with Gasteiger partial charge in [0, 0.05) is 22.9 Å². The first-order chi connectivity index (χ1) is 16.3. The number of hydrogen-bond donors (Lipinski definition) is 3. The van der Waals surface area contributed by atoms with Crippen molar-refractivity contribution in [2.45, 2.75) is 71.1 Å². The molecule has 1 aromatic carbocycles. The van der Waals surface area contributed by atoms with Gasteiger partial charge in [0.2, 0.25) is 5.91 Å². The fourth-order valence-corrected chi connectivity index (χ4v) is 7.88. The van der Waals surface area contributed by atoms with Crippen molar-refractivity contribution >= 4 is 28.1 Å². The SMILES string of the molecule is Cc1cnc(NC(=O)CCC[C@@H]2C/C(=N\O)[C@@]3(C)CCC4c5cc(F)c(O)cc5CCC4C23)s1. The van der Waals surface area contributed by atoms with Crippen molar-refractivity contribution in [3.63, 3.8) is 0 Å². The zero-order valence-electron chi connectivity index (χ0n) is 19.7. The number of rotatable bonds is 5. The molecule has 0 saturated heterocycles. The lowest BCUT2D eigenvalue weighted by molar-refractivity contribution is -0.116. The summed E-state index contributed by atoms with van der Waals surface area (Å²) < 4.78 is 14.3. The third kappa shape index (κ3) is 4.00. The van der Waals surface area contributed by atoms with E-state index < -0.39 is 5.82 Å². The zero-order chi connectivity index (χ0) is 24.0. The molecule has 3 unspecified atom stereocenters. The van der Waals surface area contributed by atoms with Crippen molar-refractivity contribution in [1.29, 1.82) is 0 Å². The molecule has 5 rings (SSSR count). The summed E-state index contributed by atoms with van der Waals surface area (Å²) in [5.74, 6) is 0.483. The number of phenols is 1. The van der Waals surface area contributed by atoms with Crippen molar-refractivity contribution in [3.8, 4) is 5.75 Å². The maximum absolute atomic E-state index is 14.3. The fraction of sp³-hybridized carbons (Fsp3) is 0.577. The van der Waals surface area contributed by atoms with Crippen LogP contribution < -0.4 is 5.32 Å². The van der Waals surface area contributed by atoms with E-state index in [-0.39, 0.29) is 23.0 Å². The van der Waals surface area contributed by atoms with Crippen molar-refractivity contribution < 1.29 is 19.5 Å². The van der Waals surface area contributed by atoms with E-state index in [0.717, 1.165) is 66.7 Å². The Morgan fingerprint density at radius 1 is 1.38 bits per heavy atom. The third-order valence-corrected chi connectivity index (χ3v) is 9.46. The predicted octanol–water partition coefficient (Wildman–Crippen LogP) is 6.02. The molecule has 2 fully saturated rings. The first-order valence-electron chi connectivity index (χ1n) is 12.2. The van der Waals surface area contributed by atoms with E-state index in [1.165, 1.54) is 11.3 Å². The minimum absolute atomic E-state index is 0.0189. The number of aromatic nitrogens is 1. The molecule has 0 radical (unpaired) electrons. The van der Waals surface area contributed by atoms with Crippen LogP contribution in [0.25, 0.3) is 0 Å². The number of aromatic hydroxyl groups is 1. The molecule has 3 aliphatic carbocycles. The van der Waals surface area contributed by atoms with Crippen LogP contribution in [-0.4, -0.2) is 26.9 Å². The second-order valence-corrected chi connectivity index (χ2v) is 11.8. The van der Waals surface area contributed by atoms with E-state index in [2.05, 4.69) is 22.4 Å². The highest BCUT2D eigenvalue weighted by Crippen LogP contribution is 2.62. The molecule has 1 aromatic heterocycles. The Balaban J connectivity index is 1.32. The van der Waals surface area contributed by atoms with Gasteiger partial charge in [0.25, 0.3) is 0 Å². The second kappa shape index (κ2) is 8.95. The topological polar surface area (TPSA) is 94.8 Å². The minimum atomic E-state index is -0.547. The van der Waals surface area contributed by atoms with Crippen LogP contribution in [-0.2, 0) is 11.2 Å². The predicted molar refractivity (Wildman–Crippen MR) is 130 cm³/mol. The zero-order valence-corrected chi connectivity index (χ0v) is 20.5. The Morgan fingerprint density at radius 2 is 2.21 bits per heavy atom. The van der Waals surface area contributed by atoms with Gasteiger partial charge in [-0.3, -0.25) is 4.79 Å². The summed E-state index contributed by atoms with van der Waals surface area (Å²) in [6.07, 6.45) is 8.25. The molecule has 3 N–H and O–H groups in total. The number of carbonyl (C=O) groups excluding carboxylic acids is 1. The van der Waals surface area contributed by atoms with Gasteiger partial charge in [0.05, 0.1) is 5.71 Å². The molecular formula is C26H32FN3O3S. The highest BCUT2D eigenvalue weighted by molar-refractivity contribution is 7.15. The van der Waals surface area contributed by atoms with E-state index in [0.29, 0.717) is 29.3 Å². The van der Waals surface area contributed by atoms with Gasteiger partial charge in [-0.05, 0) is 98.8 Å². The number of benzene rings is 1. The number of hydrogen-bond acceptors (Lipinski definition) is 6. The summed E-state index contributed by atoms with van der Waals surface area (Å²) in [7, 11) is 0. The molecule has 0 aliphatic heterocycles. The van der Waals surface area contributed by atoms with Gasteiger partial charge >= 0.3 is 0 Å². The maximum atomic E-state index is 14.3. The second-order valence-electron chi connectivity index (χ2n) is 10.5. The molecule has 3 aliphatic rings. The normalized spacial score (nSPS) is 31.1. The molecule has 182 valence electrons. The number of thiazole rings is 1. The number of fused-ring (bicyclic) bond motifs is 5. The number of amides is 1. The van der Waals surface area contributed by atoms with Gasteiger partial charge in [0.1, 0.15) is 0 Å². The maximum Gasteiger partial charge on any atom is 0.226 e. The van der Waals surface area contributed by atoms with Gasteiger partial charge in [-0.1, -0.05) is 12.1 Å². The molecule has 5 atom stereocenters. The first kappa shape index (κ1) is 23.3. The lowest BCUT2D eigenvalue weighted by atomic mass is 9.54. The molecule has 6 nitrogen and oxygen atoms in total. The number of nitrogens with one attached hydrogen (secondary N) is 1. The lowest BCUT2D eigenvalue weighted by Crippen LogP contribution is -2.44. The van der Waals surface area contributed by atoms with Crippen LogP contribution in [0.15, 0.2) is 23.5 Å². The molecule has 1 heterocycles.